The zero-order valence-electron chi connectivity index (χ0n) is 12.3. The first kappa shape index (κ1) is 16.8. The summed E-state index contributed by atoms with van der Waals surface area (Å²) in [6.45, 7) is 8.55. The van der Waals surface area contributed by atoms with E-state index in [0.717, 1.165) is 4.47 Å². The van der Waals surface area contributed by atoms with E-state index in [4.69, 9.17) is 5.11 Å². The average molecular weight is 345 g/mol. The summed E-state index contributed by atoms with van der Waals surface area (Å²) in [6.07, 6.45) is 1.79. The highest BCUT2D eigenvalue weighted by molar-refractivity contribution is 9.10. The number of hydrogen-bond donors (Lipinski definition) is 1. The van der Waals surface area contributed by atoms with Crippen LogP contribution in [0, 0.1) is 0 Å². The van der Waals surface area contributed by atoms with Crippen molar-refractivity contribution < 1.29 is 14.7 Å². The van der Waals surface area contributed by atoms with Gasteiger partial charge in [0.25, 0.3) is 5.91 Å². The molecule has 1 aromatic heterocycles. The highest BCUT2D eigenvalue weighted by atomic mass is 79.9. The topological polar surface area (TPSA) is 62.5 Å². The maximum atomic E-state index is 12.7. The Balaban J connectivity index is 3.06. The van der Waals surface area contributed by atoms with E-state index in [1.165, 1.54) is 0 Å². The summed E-state index contributed by atoms with van der Waals surface area (Å²) < 4.78 is 2.70. The van der Waals surface area contributed by atoms with Gasteiger partial charge in [0.1, 0.15) is 5.69 Å². The van der Waals surface area contributed by atoms with E-state index < -0.39 is 11.5 Å². The lowest BCUT2D eigenvalue weighted by molar-refractivity contribution is -0.137. The highest BCUT2D eigenvalue weighted by Gasteiger charge is 2.29. The second kappa shape index (κ2) is 6.43. The number of amides is 1. The van der Waals surface area contributed by atoms with Crippen LogP contribution in [0.4, 0.5) is 0 Å². The molecule has 0 atom stereocenters. The Morgan fingerprint density at radius 3 is 2.45 bits per heavy atom. The van der Waals surface area contributed by atoms with Gasteiger partial charge in [0.05, 0.1) is 6.42 Å². The van der Waals surface area contributed by atoms with Gasteiger partial charge in [-0.2, -0.15) is 0 Å². The fourth-order valence-electron chi connectivity index (χ4n) is 2.00. The van der Waals surface area contributed by atoms with Crippen LogP contribution in [-0.4, -0.2) is 38.5 Å². The van der Waals surface area contributed by atoms with Crippen LogP contribution in [0.3, 0.4) is 0 Å². The van der Waals surface area contributed by atoms with Crippen LogP contribution >= 0.6 is 15.9 Å². The molecule has 1 amide bonds. The average Bonchev–Trinajstić information content (AvgIpc) is 2.68. The van der Waals surface area contributed by atoms with Gasteiger partial charge >= 0.3 is 5.97 Å². The van der Waals surface area contributed by atoms with Gasteiger partial charge in [0, 0.05) is 29.3 Å². The largest absolute Gasteiger partial charge is 0.481 e. The molecule has 1 N–H and O–H groups in total. The number of carboxylic acid groups (broad SMARTS) is 1. The summed E-state index contributed by atoms with van der Waals surface area (Å²) in [5.41, 5.74) is 0.140. The Kier molecular flexibility index (Phi) is 5.39. The predicted octanol–water partition coefficient (Wildman–Crippen LogP) is 2.99. The lowest BCUT2D eigenvalue weighted by Crippen LogP contribution is -2.47. The minimum absolute atomic E-state index is 0.0585. The zero-order valence-corrected chi connectivity index (χ0v) is 13.9. The van der Waals surface area contributed by atoms with Crippen LogP contribution in [-0.2, 0) is 11.3 Å². The van der Waals surface area contributed by atoms with E-state index in [0.29, 0.717) is 12.2 Å². The van der Waals surface area contributed by atoms with Crippen LogP contribution in [0.1, 0.15) is 44.6 Å². The molecule has 1 rings (SSSR count). The van der Waals surface area contributed by atoms with Crippen molar-refractivity contribution in [3.05, 3.63) is 22.4 Å². The van der Waals surface area contributed by atoms with E-state index in [2.05, 4.69) is 15.9 Å². The van der Waals surface area contributed by atoms with Crippen molar-refractivity contribution in [1.82, 2.24) is 9.47 Å². The molecule has 0 bridgehead atoms. The van der Waals surface area contributed by atoms with Crippen molar-refractivity contribution >= 4 is 27.8 Å². The van der Waals surface area contributed by atoms with Gasteiger partial charge < -0.3 is 14.6 Å². The fourth-order valence-corrected chi connectivity index (χ4v) is 2.47. The van der Waals surface area contributed by atoms with Crippen molar-refractivity contribution in [2.75, 3.05) is 6.54 Å². The summed E-state index contributed by atoms with van der Waals surface area (Å²) in [5.74, 6) is -1.05. The van der Waals surface area contributed by atoms with Crippen molar-refractivity contribution in [3.63, 3.8) is 0 Å². The van der Waals surface area contributed by atoms with Crippen molar-refractivity contribution in [3.8, 4) is 0 Å². The van der Waals surface area contributed by atoms with Gasteiger partial charge in [-0.05, 0) is 49.7 Å². The van der Waals surface area contributed by atoms with Crippen LogP contribution in [0.25, 0.3) is 0 Å². The number of aryl methyl sites for hydroxylation is 1. The molecule has 20 heavy (non-hydrogen) atoms. The molecule has 112 valence electrons. The number of aromatic nitrogens is 1. The Morgan fingerprint density at radius 2 is 2.00 bits per heavy atom. The monoisotopic (exact) mass is 344 g/mol. The Morgan fingerprint density at radius 1 is 1.40 bits per heavy atom. The summed E-state index contributed by atoms with van der Waals surface area (Å²) in [5, 5.41) is 8.83. The fraction of sp³-hybridized carbons (Fsp3) is 0.571. The molecular formula is C14H21BrN2O3. The van der Waals surface area contributed by atoms with Crippen LogP contribution < -0.4 is 0 Å². The Labute approximate surface area is 127 Å². The number of carbonyl (C=O) groups excluding carboxylic acids is 1. The van der Waals surface area contributed by atoms with E-state index in [9.17, 15) is 9.59 Å². The quantitative estimate of drug-likeness (QED) is 0.892. The van der Waals surface area contributed by atoms with Crippen LogP contribution in [0.5, 0.6) is 0 Å². The number of halogens is 1. The van der Waals surface area contributed by atoms with Crippen molar-refractivity contribution in [1.29, 1.82) is 0 Å². The summed E-state index contributed by atoms with van der Waals surface area (Å²) in [6, 6.07) is 1.77. The minimum atomic E-state index is -0.904. The molecule has 0 spiro atoms. The predicted molar refractivity (Wildman–Crippen MR) is 80.8 cm³/mol. The van der Waals surface area contributed by atoms with Crippen molar-refractivity contribution in [2.45, 2.75) is 46.2 Å². The maximum Gasteiger partial charge on any atom is 0.305 e. The molecule has 0 aliphatic rings. The molecule has 0 aliphatic heterocycles. The molecule has 6 heteroatoms. The molecule has 1 heterocycles. The third-order valence-electron chi connectivity index (χ3n) is 3.03. The molecular weight excluding hydrogens is 324 g/mol. The smallest absolute Gasteiger partial charge is 0.305 e. The van der Waals surface area contributed by atoms with E-state index >= 15 is 0 Å². The molecule has 5 nitrogen and oxygen atoms in total. The number of nitrogens with zero attached hydrogens (tertiary/aromatic N) is 2. The maximum absolute atomic E-state index is 12.7. The molecule has 0 unspecified atom stereocenters. The zero-order chi connectivity index (χ0) is 15.5. The lowest BCUT2D eigenvalue weighted by atomic mass is 10.0. The molecule has 0 saturated carbocycles. The van der Waals surface area contributed by atoms with Gasteiger partial charge in [-0.3, -0.25) is 9.59 Å². The minimum Gasteiger partial charge on any atom is -0.481 e. The van der Waals surface area contributed by atoms with Gasteiger partial charge in [0.15, 0.2) is 0 Å². The second-order valence-electron chi connectivity index (χ2n) is 5.60. The number of carboxylic acids is 1. The molecule has 0 aromatic carbocycles. The van der Waals surface area contributed by atoms with E-state index in [1.54, 1.807) is 11.0 Å². The first-order chi connectivity index (χ1) is 9.16. The summed E-state index contributed by atoms with van der Waals surface area (Å²) in [7, 11) is 0. The van der Waals surface area contributed by atoms with Crippen LogP contribution in [0.15, 0.2) is 16.7 Å². The SMILES string of the molecule is CCn1cc(Br)cc1C(=O)N(CCC(=O)O)C(C)(C)C. The highest BCUT2D eigenvalue weighted by Crippen LogP contribution is 2.21. The number of rotatable bonds is 5. The van der Waals surface area contributed by atoms with Crippen molar-refractivity contribution in [2.24, 2.45) is 0 Å². The number of carbonyl (C=O) groups is 2. The molecule has 0 fully saturated rings. The number of aliphatic carboxylic acids is 1. The molecule has 1 aromatic rings. The van der Waals surface area contributed by atoms with Gasteiger partial charge in [-0.25, -0.2) is 0 Å². The number of hydrogen-bond acceptors (Lipinski definition) is 2. The summed E-state index contributed by atoms with van der Waals surface area (Å²) >= 11 is 3.37. The normalized spacial score (nSPS) is 11.4. The third kappa shape index (κ3) is 4.10. The first-order valence-electron chi connectivity index (χ1n) is 6.56. The third-order valence-corrected chi connectivity index (χ3v) is 3.46. The Bertz CT molecular complexity index is 503. The molecule has 0 aliphatic carbocycles. The lowest BCUT2D eigenvalue weighted by Gasteiger charge is -2.35. The van der Waals surface area contributed by atoms with Crippen LogP contribution in [0.2, 0.25) is 0 Å². The molecule has 0 radical (unpaired) electrons. The Hall–Kier alpha value is -1.30. The first-order valence-corrected chi connectivity index (χ1v) is 7.35. The van der Waals surface area contributed by atoms with E-state index in [-0.39, 0.29) is 18.9 Å². The van der Waals surface area contributed by atoms with Gasteiger partial charge in [-0.15, -0.1) is 0 Å². The standard InChI is InChI=1S/C14H21BrN2O3/c1-5-16-9-10(15)8-11(16)13(20)17(14(2,3)4)7-6-12(18)19/h8-9H,5-7H2,1-4H3,(H,18,19). The summed E-state index contributed by atoms with van der Waals surface area (Å²) in [4.78, 5) is 25.1. The van der Waals surface area contributed by atoms with Gasteiger partial charge in [-0.1, -0.05) is 0 Å². The molecule has 0 saturated heterocycles. The van der Waals surface area contributed by atoms with Gasteiger partial charge in [0.2, 0.25) is 0 Å². The second-order valence-corrected chi connectivity index (χ2v) is 6.52. The van der Waals surface area contributed by atoms with E-state index in [1.807, 2.05) is 38.5 Å².